The maximum Gasteiger partial charge on any atom is 0.229 e. The molecule has 2 aromatic heterocycles. The van der Waals surface area contributed by atoms with Gasteiger partial charge in [0, 0.05) is 61.3 Å². The van der Waals surface area contributed by atoms with E-state index in [1.54, 1.807) is 18.3 Å². The fourth-order valence-electron chi connectivity index (χ4n) is 6.14. The van der Waals surface area contributed by atoms with Crippen molar-refractivity contribution in [2.75, 3.05) is 18.0 Å². The summed E-state index contributed by atoms with van der Waals surface area (Å²) in [5.41, 5.74) is 3.21. The predicted molar refractivity (Wildman–Crippen MR) is 151 cm³/mol. The first-order valence-corrected chi connectivity index (χ1v) is 14.6. The molecule has 2 bridgehead atoms. The van der Waals surface area contributed by atoms with Gasteiger partial charge in [-0.15, -0.1) is 11.3 Å². The molecule has 2 aliphatic rings. The summed E-state index contributed by atoms with van der Waals surface area (Å²) in [6, 6.07) is 16.2. The topological polar surface area (TPSA) is 82.8 Å². The van der Waals surface area contributed by atoms with Crippen molar-refractivity contribution in [3.05, 3.63) is 76.4 Å². The van der Waals surface area contributed by atoms with E-state index in [0.29, 0.717) is 37.0 Å². The van der Waals surface area contributed by atoms with Gasteiger partial charge in [-0.25, -0.2) is 4.98 Å². The summed E-state index contributed by atoms with van der Waals surface area (Å²) >= 11 is 1.67. The van der Waals surface area contributed by atoms with Gasteiger partial charge in [-0.2, -0.15) is 0 Å². The molecule has 0 radical (unpaired) electrons. The van der Waals surface area contributed by atoms with Crippen molar-refractivity contribution in [3.63, 3.8) is 0 Å². The van der Waals surface area contributed by atoms with Crippen LogP contribution in [0.3, 0.4) is 0 Å². The lowest BCUT2D eigenvalue weighted by Gasteiger charge is -2.43. The minimum Gasteiger partial charge on any atom is -0.356 e. The quantitative estimate of drug-likeness (QED) is 0.359. The number of rotatable bonds is 4. The number of benzene rings is 2. The first-order chi connectivity index (χ1) is 19.1. The zero-order chi connectivity index (χ0) is 26.8. The Morgan fingerprint density at radius 1 is 1.05 bits per heavy atom. The smallest absolute Gasteiger partial charge is 0.229 e. The van der Waals surface area contributed by atoms with Gasteiger partial charge in [-0.1, -0.05) is 41.9 Å². The van der Waals surface area contributed by atoms with Crippen molar-refractivity contribution in [2.24, 2.45) is 0 Å². The summed E-state index contributed by atoms with van der Waals surface area (Å²) in [5.74, 6) is 0.0290. The highest BCUT2D eigenvalue weighted by Crippen LogP contribution is 2.32. The number of carbonyl (C=O) groups excluding carboxylic acids is 2. The molecule has 1 saturated heterocycles. The minimum absolute atomic E-state index is 0.00815. The predicted octanol–water partition coefficient (Wildman–Crippen LogP) is 5.04. The first kappa shape index (κ1) is 25.7. The molecule has 2 aromatic carbocycles. The molecule has 6 rings (SSSR count). The third-order valence-corrected chi connectivity index (χ3v) is 8.84. The van der Waals surface area contributed by atoms with Gasteiger partial charge in [-0.3, -0.25) is 14.5 Å². The Hall–Kier alpha value is -3.56. The number of piperidine rings is 1. The standard InChI is InChI=1S/C30H33N5O3S/c1-21(36)34-15-13-23-8-6-9-24(35(23)20-29-31-14-16-39-29)19-33(18-22-7-2-4-11-27(22)34)30(37)17-26-25-10-3-5-12-28(25)38-32-26/h2-5,7,10-12,14,16,23-24H,6,8-9,13,15,17-20H2,1H3. The SMILES string of the molecule is CC(=O)N1CCC2CCCC(CN(C(=O)Cc3noc4ccccc34)Cc3ccccc31)N2Cc1nccs1. The van der Waals surface area contributed by atoms with Gasteiger partial charge in [0.25, 0.3) is 0 Å². The van der Waals surface area contributed by atoms with Crippen LogP contribution in [0, 0.1) is 0 Å². The van der Waals surface area contributed by atoms with E-state index < -0.39 is 0 Å². The van der Waals surface area contributed by atoms with Gasteiger partial charge >= 0.3 is 0 Å². The normalized spacial score (nSPS) is 20.4. The number of hydrogen-bond donors (Lipinski definition) is 0. The maximum absolute atomic E-state index is 14.0. The van der Waals surface area contributed by atoms with Crippen LogP contribution in [-0.2, 0) is 29.1 Å². The fraction of sp³-hybridized carbons (Fsp3) is 0.400. The third kappa shape index (κ3) is 5.46. The van der Waals surface area contributed by atoms with Crippen LogP contribution in [0.5, 0.6) is 0 Å². The minimum atomic E-state index is 0.00815. The number of thiazole rings is 1. The Labute approximate surface area is 232 Å². The fourth-order valence-corrected chi connectivity index (χ4v) is 6.76. The second-order valence-electron chi connectivity index (χ2n) is 10.5. The van der Waals surface area contributed by atoms with Crippen LogP contribution in [-0.4, -0.2) is 56.9 Å². The van der Waals surface area contributed by atoms with Crippen LogP contribution in [0.4, 0.5) is 5.69 Å². The maximum atomic E-state index is 14.0. The summed E-state index contributed by atoms with van der Waals surface area (Å²) in [6.07, 6.45) is 6.11. The second-order valence-corrected chi connectivity index (χ2v) is 11.5. The van der Waals surface area contributed by atoms with Crippen molar-refractivity contribution in [1.29, 1.82) is 0 Å². The Morgan fingerprint density at radius 3 is 2.72 bits per heavy atom. The highest BCUT2D eigenvalue weighted by atomic mass is 32.1. The number of aromatic nitrogens is 2. The molecule has 9 heteroatoms. The Kier molecular flexibility index (Phi) is 7.43. The number of fused-ring (bicyclic) bond motifs is 4. The van der Waals surface area contributed by atoms with E-state index in [0.717, 1.165) is 53.9 Å². The molecule has 2 amide bonds. The zero-order valence-corrected chi connectivity index (χ0v) is 23.0. The summed E-state index contributed by atoms with van der Waals surface area (Å²) < 4.78 is 5.49. The molecule has 39 heavy (non-hydrogen) atoms. The van der Waals surface area contributed by atoms with E-state index in [1.807, 2.05) is 69.9 Å². The average molecular weight is 544 g/mol. The van der Waals surface area contributed by atoms with Crippen molar-refractivity contribution < 1.29 is 14.1 Å². The summed E-state index contributed by atoms with van der Waals surface area (Å²) in [7, 11) is 0. The van der Waals surface area contributed by atoms with Gasteiger partial charge in [0.1, 0.15) is 10.7 Å². The van der Waals surface area contributed by atoms with Gasteiger partial charge in [0.15, 0.2) is 5.58 Å². The molecule has 2 atom stereocenters. The van der Waals surface area contributed by atoms with Gasteiger partial charge in [0.05, 0.1) is 13.0 Å². The Balaban J connectivity index is 1.37. The zero-order valence-electron chi connectivity index (χ0n) is 22.2. The van der Waals surface area contributed by atoms with E-state index in [9.17, 15) is 9.59 Å². The van der Waals surface area contributed by atoms with Crippen molar-refractivity contribution in [2.45, 2.75) is 64.2 Å². The van der Waals surface area contributed by atoms with Gasteiger partial charge in [-0.05, 0) is 43.0 Å². The summed E-state index contributed by atoms with van der Waals surface area (Å²) in [4.78, 5) is 37.9. The molecule has 2 aliphatic heterocycles. The summed E-state index contributed by atoms with van der Waals surface area (Å²) in [6.45, 7) is 4.09. The number of amides is 2. The molecule has 8 nitrogen and oxygen atoms in total. The molecule has 0 saturated carbocycles. The molecular formula is C30H33N5O3S. The molecule has 202 valence electrons. The lowest BCUT2D eigenvalue weighted by atomic mass is 9.92. The number of anilines is 1. The van der Waals surface area contributed by atoms with Crippen molar-refractivity contribution in [1.82, 2.24) is 19.9 Å². The molecule has 4 aromatic rings. The van der Waals surface area contributed by atoms with E-state index >= 15 is 0 Å². The van der Waals surface area contributed by atoms with Crippen LogP contribution < -0.4 is 4.90 Å². The van der Waals surface area contributed by atoms with E-state index in [2.05, 4.69) is 15.0 Å². The van der Waals surface area contributed by atoms with Crippen LogP contribution in [0.1, 0.15) is 48.9 Å². The van der Waals surface area contributed by atoms with Crippen LogP contribution >= 0.6 is 11.3 Å². The van der Waals surface area contributed by atoms with Crippen molar-refractivity contribution >= 4 is 39.8 Å². The molecule has 2 unspecified atom stereocenters. The van der Waals surface area contributed by atoms with Crippen molar-refractivity contribution in [3.8, 4) is 0 Å². The first-order valence-electron chi connectivity index (χ1n) is 13.7. The van der Waals surface area contributed by atoms with Crippen LogP contribution in [0.15, 0.2) is 64.6 Å². The van der Waals surface area contributed by atoms with Crippen LogP contribution in [0.2, 0.25) is 0 Å². The summed E-state index contributed by atoms with van der Waals surface area (Å²) in [5, 5.41) is 8.21. The molecule has 0 aliphatic carbocycles. The largest absolute Gasteiger partial charge is 0.356 e. The van der Waals surface area contributed by atoms with E-state index in [1.165, 1.54) is 0 Å². The number of hydrogen-bond acceptors (Lipinski definition) is 7. The Morgan fingerprint density at radius 2 is 1.87 bits per heavy atom. The average Bonchev–Trinajstić information content (AvgIpc) is 3.60. The molecule has 0 spiro atoms. The number of carbonyl (C=O) groups is 2. The lowest BCUT2D eigenvalue weighted by Crippen LogP contribution is -2.52. The molecular weight excluding hydrogens is 510 g/mol. The van der Waals surface area contributed by atoms with E-state index in [4.69, 9.17) is 4.52 Å². The highest BCUT2D eigenvalue weighted by molar-refractivity contribution is 7.09. The Bertz CT molecular complexity index is 1450. The second kappa shape index (κ2) is 11.3. The molecule has 1 fully saturated rings. The number of para-hydroxylation sites is 2. The molecule has 0 N–H and O–H groups in total. The van der Waals surface area contributed by atoms with Gasteiger partial charge < -0.3 is 14.3 Å². The number of nitrogens with zero attached hydrogens (tertiary/aromatic N) is 5. The van der Waals surface area contributed by atoms with Gasteiger partial charge in [0.2, 0.25) is 11.8 Å². The van der Waals surface area contributed by atoms with E-state index in [-0.39, 0.29) is 24.3 Å². The molecule has 4 heterocycles. The monoisotopic (exact) mass is 543 g/mol. The highest BCUT2D eigenvalue weighted by Gasteiger charge is 2.35. The lowest BCUT2D eigenvalue weighted by molar-refractivity contribution is -0.132. The third-order valence-electron chi connectivity index (χ3n) is 8.08. The van der Waals surface area contributed by atoms with Crippen LogP contribution in [0.25, 0.3) is 11.0 Å².